The van der Waals surface area contributed by atoms with E-state index in [1.807, 2.05) is 13.8 Å². The average Bonchev–Trinajstić information content (AvgIpc) is 2.25. The Morgan fingerprint density at radius 3 is 1.72 bits per heavy atom. The molecule has 0 saturated heterocycles. The van der Waals surface area contributed by atoms with Gasteiger partial charge in [0.1, 0.15) is 0 Å². The van der Waals surface area contributed by atoms with E-state index >= 15 is 0 Å². The Labute approximate surface area is 109 Å². The molecule has 6 heteroatoms. The number of rotatable bonds is 7. The van der Waals surface area contributed by atoms with Gasteiger partial charge in [0.15, 0.2) is 0 Å². The predicted molar refractivity (Wildman–Crippen MR) is 69.8 cm³/mol. The maximum absolute atomic E-state index is 11.4. The summed E-state index contributed by atoms with van der Waals surface area (Å²) in [6, 6.07) is 0. The maximum atomic E-state index is 11.4. The van der Waals surface area contributed by atoms with Crippen LogP contribution in [-0.2, 0) is 22.9 Å². The van der Waals surface area contributed by atoms with E-state index < -0.39 is 21.5 Å². The molecule has 0 radical (unpaired) electrons. The highest BCUT2D eigenvalue weighted by molar-refractivity contribution is 6.42. The lowest BCUT2D eigenvalue weighted by molar-refractivity contribution is -0.139. The third kappa shape index (κ3) is 7.03. The lowest BCUT2D eigenvalue weighted by atomic mass is 10.2. The Morgan fingerprint density at radius 2 is 1.44 bits per heavy atom. The van der Waals surface area contributed by atoms with Crippen molar-refractivity contribution >= 4 is 21.5 Å². The Balaban J connectivity index is 4.51. The Kier molecular flexibility index (Phi) is 7.22. The largest absolute Gasteiger partial charge is 0.620 e. The zero-order valence-electron chi connectivity index (χ0n) is 11.3. The first-order valence-electron chi connectivity index (χ1n) is 5.58. The van der Waals surface area contributed by atoms with E-state index in [1.165, 1.54) is 13.8 Å². The van der Waals surface area contributed by atoms with Gasteiger partial charge < -0.3 is 13.3 Å². The number of carbonyl (C=O) groups is 2. The molecule has 0 aliphatic heterocycles. The first-order chi connectivity index (χ1) is 8.23. The number of hydrogen-bond donors (Lipinski definition) is 0. The quantitative estimate of drug-likeness (QED) is 0.520. The molecule has 0 saturated carbocycles. The molecule has 0 heterocycles. The molecule has 18 heavy (non-hydrogen) atoms. The second kappa shape index (κ2) is 7.83. The molecule has 0 atom stereocenters. The lowest BCUT2D eigenvalue weighted by Gasteiger charge is -2.17. The van der Waals surface area contributed by atoms with Crippen molar-refractivity contribution in [1.29, 1.82) is 0 Å². The second-order valence-electron chi connectivity index (χ2n) is 4.39. The van der Waals surface area contributed by atoms with Crippen molar-refractivity contribution in [2.24, 2.45) is 5.92 Å². The zero-order valence-corrected chi connectivity index (χ0v) is 12.5. The summed E-state index contributed by atoms with van der Waals surface area (Å²) in [4.78, 5) is 22.7. The average molecular weight is 272 g/mol. The molecule has 0 aliphatic rings. The number of carbonyl (C=O) groups excluding carboxylic acids is 2. The molecule has 0 aliphatic carbocycles. The van der Waals surface area contributed by atoms with E-state index in [1.54, 1.807) is 0 Å². The predicted octanol–water partition coefficient (Wildman–Crippen LogP) is 1.61. The highest BCUT2D eigenvalue weighted by Crippen LogP contribution is 2.04. The molecule has 0 N–H and O–H groups in total. The fourth-order valence-corrected chi connectivity index (χ4v) is 2.22. The summed E-state index contributed by atoms with van der Waals surface area (Å²) in [5, 5.41) is 0. The van der Waals surface area contributed by atoms with E-state index in [0.717, 1.165) is 0 Å². The summed E-state index contributed by atoms with van der Waals surface area (Å²) in [5.41, 5.74) is 0.457. The van der Waals surface area contributed by atoms with Gasteiger partial charge in [-0.3, -0.25) is 0 Å². The molecule has 0 unspecified atom stereocenters. The van der Waals surface area contributed by atoms with Crippen molar-refractivity contribution in [1.82, 2.24) is 0 Å². The second-order valence-corrected chi connectivity index (χ2v) is 5.77. The summed E-state index contributed by atoms with van der Waals surface area (Å²) in [5.74, 6) is -0.998. The van der Waals surface area contributed by atoms with Crippen LogP contribution in [0.3, 0.4) is 0 Å². The van der Waals surface area contributed by atoms with Crippen molar-refractivity contribution in [3.05, 3.63) is 24.3 Å². The molecule has 102 valence electrons. The van der Waals surface area contributed by atoms with Gasteiger partial charge >= 0.3 is 21.5 Å². The van der Waals surface area contributed by atoms with E-state index in [9.17, 15) is 9.59 Å². The van der Waals surface area contributed by atoms with Gasteiger partial charge in [0.2, 0.25) is 0 Å². The Morgan fingerprint density at radius 1 is 1.06 bits per heavy atom. The van der Waals surface area contributed by atoms with Gasteiger partial charge in [0.05, 0.1) is 0 Å². The summed E-state index contributed by atoms with van der Waals surface area (Å²) < 4.78 is 15.3. The van der Waals surface area contributed by atoms with Gasteiger partial charge in [-0.15, -0.1) is 0 Å². The van der Waals surface area contributed by atoms with Crippen LogP contribution >= 0.6 is 0 Å². The van der Waals surface area contributed by atoms with E-state index in [4.69, 9.17) is 13.3 Å². The molecule has 0 aromatic carbocycles. The molecule has 0 rings (SSSR count). The van der Waals surface area contributed by atoms with Gasteiger partial charge in [-0.05, 0) is 19.8 Å². The van der Waals surface area contributed by atoms with Crippen molar-refractivity contribution in [2.75, 3.05) is 6.61 Å². The standard InChI is InChI=1S/C12H20O5Si/c1-8(2)7-15-18(16-11(13)9(3)4)17-12(14)10(5)6/h8,18H,3,5,7H2,1-2,4,6H3. The van der Waals surface area contributed by atoms with Crippen LogP contribution in [-0.4, -0.2) is 28.1 Å². The highest BCUT2D eigenvalue weighted by atomic mass is 28.3. The van der Waals surface area contributed by atoms with Gasteiger partial charge in [-0.25, -0.2) is 9.59 Å². The van der Waals surface area contributed by atoms with E-state index in [0.29, 0.717) is 6.61 Å². The van der Waals surface area contributed by atoms with Crippen LogP contribution in [0.25, 0.3) is 0 Å². The first-order valence-corrected chi connectivity index (χ1v) is 7.00. The van der Waals surface area contributed by atoms with Crippen molar-refractivity contribution < 1.29 is 22.9 Å². The van der Waals surface area contributed by atoms with Crippen molar-refractivity contribution in [3.8, 4) is 0 Å². The molecule has 0 bridgehead atoms. The van der Waals surface area contributed by atoms with E-state index in [2.05, 4.69) is 13.2 Å². The third-order valence-electron chi connectivity index (χ3n) is 1.67. The summed E-state index contributed by atoms with van der Waals surface area (Å²) in [6.07, 6.45) is 0. The number of hydrogen-bond acceptors (Lipinski definition) is 5. The molecule has 5 nitrogen and oxygen atoms in total. The minimum absolute atomic E-state index is 0.229. The summed E-state index contributed by atoms with van der Waals surface area (Å²) in [7, 11) is -2.84. The zero-order chi connectivity index (χ0) is 14.3. The lowest BCUT2D eigenvalue weighted by Crippen LogP contribution is -2.34. The van der Waals surface area contributed by atoms with Crippen LogP contribution in [0.5, 0.6) is 0 Å². The fourth-order valence-electron chi connectivity index (χ4n) is 0.739. The highest BCUT2D eigenvalue weighted by Gasteiger charge is 2.26. The topological polar surface area (TPSA) is 61.8 Å². The molecular formula is C12H20O5Si. The molecule has 0 amide bonds. The van der Waals surface area contributed by atoms with Crippen LogP contribution in [0.2, 0.25) is 0 Å². The molecule has 0 spiro atoms. The van der Waals surface area contributed by atoms with E-state index in [-0.39, 0.29) is 17.1 Å². The fraction of sp³-hybridized carbons (Fsp3) is 0.500. The normalized spacial score (nSPS) is 10.3. The SMILES string of the molecule is C=C(C)C(=O)O[SiH](OCC(C)C)OC(=O)C(=C)C. The Bertz CT molecular complexity index is 320. The molecule has 0 aromatic rings. The minimum atomic E-state index is -2.84. The molecular weight excluding hydrogens is 252 g/mol. The van der Waals surface area contributed by atoms with Crippen LogP contribution < -0.4 is 0 Å². The van der Waals surface area contributed by atoms with Gasteiger partial charge in [0, 0.05) is 17.8 Å². The summed E-state index contributed by atoms with van der Waals surface area (Å²) >= 11 is 0. The molecule has 0 fully saturated rings. The third-order valence-corrected chi connectivity index (χ3v) is 2.95. The first kappa shape index (κ1) is 16.6. The smallest absolute Gasteiger partial charge is 0.463 e. The summed E-state index contributed by atoms with van der Waals surface area (Å²) in [6.45, 7) is 14.2. The van der Waals surface area contributed by atoms with Crippen LogP contribution in [0, 0.1) is 5.92 Å². The molecule has 0 aromatic heterocycles. The van der Waals surface area contributed by atoms with Crippen LogP contribution in [0.1, 0.15) is 27.7 Å². The van der Waals surface area contributed by atoms with Gasteiger partial charge in [-0.2, -0.15) is 0 Å². The maximum Gasteiger partial charge on any atom is 0.620 e. The monoisotopic (exact) mass is 272 g/mol. The minimum Gasteiger partial charge on any atom is -0.463 e. The van der Waals surface area contributed by atoms with Gasteiger partial charge in [0.25, 0.3) is 0 Å². The van der Waals surface area contributed by atoms with Crippen molar-refractivity contribution in [2.45, 2.75) is 27.7 Å². The van der Waals surface area contributed by atoms with Gasteiger partial charge in [-0.1, -0.05) is 27.0 Å². The Hall–Kier alpha value is -1.40. The van der Waals surface area contributed by atoms with Crippen molar-refractivity contribution in [3.63, 3.8) is 0 Å². The van der Waals surface area contributed by atoms with Crippen LogP contribution in [0.4, 0.5) is 0 Å². The van der Waals surface area contributed by atoms with Crippen LogP contribution in [0.15, 0.2) is 24.3 Å².